The Kier molecular flexibility index (Phi) is 2.51. The van der Waals surface area contributed by atoms with Crippen LogP contribution >= 0.6 is 11.8 Å². The van der Waals surface area contributed by atoms with Crippen molar-refractivity contribution in [2.24, 2.45) is 0 Å². The second-order valence-corrected chi connectivity index (χ2v) is 4.41. The van der Waals surface area contributed by atoms with Crippen molar-refractivity contribution in [1.29, 1.82) is 0 Å². The maximum Gasteiger partial charge on any atom is 0.0107 e. The van der Waals surface area contributed by atoms with Crippen molar-refractivity contribution >= 4 is 22.5 Å². The Morgan fingerprint density at radius 3 is 2.29 bits per heavy atom. The maximum atomic E-state index is 2.28. The molecule has 0 unspecified atom stereocenters. The third kappa shape index (κ3) is 1.42. The molecule has 2 aromatic rings. The summed E-state index contributed by atoms with van der Waals surface area (Å²) in [6.45, 7) is 4.38. The summed E-state index contributed by atoms with van der Waals surface area (Å²) in [6.07, 6.45) is 2.14. The fourth-order valence-corrected chi connectivity index (χ4v) is 2.59. The Hall–Kier alpha value is -0.950. The molecule has 0 bridgehead atoms. The molecule has 1 heteroatoms. The molecule has 0 fully saturated rings. The van der Waals surface area contributed by atoms with E-state index in [0.717, 1.165) is 0 Å². The molecule has 0 spiro atoms. The van der Waals surface area contributed by atoms with Crippen LogP contribution in [0.1, 0.15) is 11.1 Å². The van der Waals surface area contributed by atoms with Crippen LogP contribution in [0.5, 0.6) is 0 Å². The highest BCUT2D eigenvalue weighted by molar-refractivity contribution is 7.98. The molecule has 0 heterocycles. The van der Waals surface area contributed by atoms with Crippen LogP contribution in [0, 0.1) is 13.8 Å². The van der Waals surface area contributed by atoms with Crippen LogP contribution in [0.4, 0.5) is 0 Å². The summed E-state index contributed by atoms with van der Waals surface area (Å²) in [5.74, 6) is 0. The van der Waals surface area contributed by atoms with Crippen molar-refractivity contribution in [3.63, 3.8) is 0 Å². The van der Waals surface area contributed by atoms with E-state index in [9.17, 15) is 0 Å². The van der Waals surface area contributed by atoms with Crippen LogP contribution in [0.15, 0.2) is 35.2 Å². The largest absolute Gasteiger partial charge is 0.129 e. The number of hydrogen-bond donors (Lipinski definition) is 0. The first-order valence-corrected chi connectivity index (χ1v) is 5.99. The lowest BCUT2D eigenvalue weighted by atomic mass is 10.0. The molecule has 72 valence electrons. The molecule has 0 amide bonds. The third-order valence-electron chi connectivity index (χ3n) is 2.69. The molecule has 0 N–H and O–H groups in total. The van der Waals surface area contributed by atoms with E-state index in [2.05, 4.69) is 50.4 Å². The van der Waals surface area contributed by atoms with Gasteiger partial charge in [-0.2, -0.15) is 0 Å². The van der Waals surface area contributed by atoms with Crippen LogP contribution in [0.2, 0.25) is 0 Å². The van der Waals surface area contributed by atoms with Gasteiger partial charge in [-0.3, -0.25) is 0 Å². The van der Waals surface area contributed by atoms with E-state index in [0.29, 0.717) is 0 Å². The molecule has 2 rings (SSSR count). The van der Waals surface area contributed by atoms with Gasteiger partial charge in [0, 0.05) is 4.90 Å². The molecule has 0 aliphatic carbocycles. The molecule has 0 aliphatic rings. The topological polar surface area (TPSA) is 0 Å². The Morgan fingerprint density at radius 1 is 1.00 bits per heavy atom. The van der Waals surface area contributed by atoms with E-state index in [-0.39, 0.29) is 0 Å². The Balaban J connectivity index is 2.87. The predicted octanol–water partition coefficient (Wildman–Crippen LogP) is 4.18. The van der Waals surface area contributed by atoms with Crippen molar-refractivity contribution in [1.82, 2.24) is 0 Å². The molecule has 14 heavy (non-hydrogen) atoms. The Bertz CT molecular complexity index is 472. The van der Waals surface area contributed by atoms with Gasteiger partial charge in [0.05, 0.1) is 0 Å². The standard InChI is InChI=1S/C13H14S/c1-9-8-13(14-3)10(2)12-7-5-4-6-11(9)12/h4-8H,1-3H3. The zero-order valence-electron chi connectivity index (χ0n) is 8.79. The minimum Gasteiger partial charge on any atom is -0.129 e. The highest BCUT2D eigenvalue weighted by Crippen LogP contribution is 2.30. The van der Waals surface area contributed by atoms with Crippen molar-refractivity contribution in [3.05, 3.63) is 41.5 Å². The summed E-state index contributed by atoms with van der Waals surface area (Å²) in [5.41, 5.74) is 2.77. The molecule has 2 aromatic carbocycles. The van der Waals surface area contributed by atoms with E-state index in [1.165, 1.54) is 26.8 Å². The second-order valence-electron chi connectivity index (χ2n) is 3.57. The summed E-state index contributed by atoms with van der Waals surface area (Å²) in [7, 11) is 0. The van der Waals surface area contributed by atoms with Crippen molar-refractivity contribution in [2.45, 2.75) is 18.7 Å². The van der Waals surface area contributed by atoms with Gasteiger partial charge in [-0.25, -0.2) is 0 Å². The average Bonchev–Trinajstić information content (AvgIpc) is 2.23. The van der Waals surface area contributed by atoms with E-state index >= 15 is 0 Å². The lowest BCUT2D eigenvalue weighted by Crippen LogP contribution is -1.86. The molecule has 0 aromatic heterocycles. The van der Waals surface area contributed by atoms with Gasteiger partial charge >= 0.3 is 0 Å². The molecule has 0 atom stereocenters. The number of rotatable bonds is 1. The van der Waals surface area contributed by atoms with Crippen LogP contribution in [-0.2, 0) is 0 Å². The summed E-state index contributed by atoms with van der Waals surface area (Å²) in [4.78, 5) is 1.39. The van der Waals surface area contributed by atoms with Crippen LogP contribution in [0.25, 0.3) is 10.8 Å². The highest BCUT2D eigenvalue weighted by atomic mass is 32.2. The smallest absolute Gasteiger partial charge is 0.0107 e. The second kappa shape index (κ2) is 3.66. The monoisotopic (exact) mass is 202 g/mol. The lowest BCUT2D eigenvalue weighted by molar-refractivity contribution is 1.31. The van der Waals surface area contributed by atoms with Gasteiger partial charge in [-0.15, -0.1) is 11.8 Å². The number of aryl methyl sites for hydroxylation is 2. The first-order chi connectivity index (χ1) is 6.74. The molecule has 0 aliphatic heterocycles. The predicted molar refractivity (Wildman–Crippen MR) is 65.2 cm³/mol. The van der Waals surface area contributed by atoms with E-state index < -0.39 is 0 Å². The van der Waals surface area contributed by atoms with Crippen molar-refractivity contribution in [3.8, 4) is 0 Å². The molecule has 0 radical (unpaired) electrons. The van der Waals surface area contributed by atoms with Gasteiger partial charge in [-0.05, 0) is 48.1 Å². The van der Waals surface area contributed by atoms with Crippen LogP contribution in [0.3, 0.4) is 0 Å². The Morgan fingerprint density at radius 2 is 1.64 bits per heavy atom. The molecule has 0 saturated carbocycles. The van der Waals surface area contributed by atoms with E-state index in [1.807, 2.05) is 11.8 Å². The van der Waals surface area contributed by atoms with Gasteiger partial charge in [-0.1, -0.05) is 24.3 Å². The zero-order chi connectivity index (χ0) is 10.1. The molecule has 0 saturated heterocycles. The Labute approximate surface area is 89.3 Å². The van der Waals surface area contributed by atoms with E-state index in [4.69, 9.17) is 0 Å². The SMILES string of the molecule is CSc1cc(C)c2ccccc2c1C. The number of thioether (sulfide) groups is 1. The summed E-state index contributed by atoms with van der Waals surface area (Å²) >= 11 is 1.82. The van der Waals surface area contributed by atoms with Gasteiger partial charge in [0.15, 0.2) is 0 Å². The first kappa shape index (κ1) is 9.60. The number of hydrogen-bond acceptors (Lipinski definition) is 1. The van der Waals surface area contributed by atoms with Gasteiger partial charge < -0.3 is 0 Å². The summed E-state index contributed by atoms with van der Waals surface area (Å²) < 4.78 is 0. The van der Waals surface area contributed by atoms with E-state index in [1.54, 1.807) is 0 Å². The molecule has 0 nitrogen and oxygen atoms in total. The highest BCUT2D eigenvalue weighted by Gasteiger charge is 2.04. The fourth-order valence-electron chi connectivity index (χ4n) is 1.88. The van der Waals surface area contributed by atoms with Crippen LogP contribution in [-0.4, -0.2) is 6.26 Å². The minimum absolute atomic E-state index is 1.37. The third-order valence-corrected chi connectivity index (χ3v) is 3.56. The lowest BCUT2D eigenvalue weighted by Gasteiger charge is -2.09. The average molecular weight is 202 g/mol. The van der Waals surface area contributed by atoms with Gasteiger partial charge in [0.1, 0.15) is 0 Å². The van der Waals surface area contributed by atoms with Gasteiger partial charge in [0.25, 0.3) is 0 Å². The molecular formula is C13H14S. The van der Waals surface area contributed by atoms with Crippen molar-refractivity contribution < 1.29 is 0 Å². The van der Waals surface area contributed by atoms with Crippen LogP contribution < -0.4 is 0 Å². The maximum absolute atomic E-state index is 2.28. The summed E-state index contributed by atoms with van der Waals surface area (Å²) in [5, 5.41) is 2.76. The fraction of sp³-hybridized carbons (Fsp3) is 0.231. The summed E-state index contributed by atoms with van der Waals surface area (Å²) in [6, 6.07) is 10.9. The number of benzene rings is 2. The first-order valence-electron chi connectivity index (χ1n) is 4.77. The van der Waals surface area contributed by atoms with Gasteiger partial charge in [0.2, 0.25) is 0 Å². The zero-order valence-corrected chi connectivity index (χ0v) is 9.61. The molecular weight excluding hydrogens is 188 g/mol. The quantitative estimate of drug-likeness (QED) is 0.625. The minimum atomic E-state index is 1.37. The van der Waals surface area contributed by atoms with Crippen molar-refractivity contribution in [2.75, 3.05) is 6.26 Å². The normalized spacial score (nSPS) is 10.8. The number of fused-ring (bicyclic) bond motifs is 1.